The maximum Gasteiger partial charge on any atom is 0.229 e. The van der Waals surface area contributed by atoms with E-state index in [4.69, 9.17) is 0 Å². The van der Waals surface area contributed by atoms with Gasteiger partial charge in [-0.25, -0.2) is 14.4 Å². The van der Waals surface area contributed by atoms with Crippen molar-refractivity contribution in [2.45, 2.75) is 32.7 Å². The van der Waals surface area contributed by atoms with Crippen molar-refractivity contribution in [1.29, 1.82) is 0 Å². The number of hydrogen-bond donors (Lipinski definition) is 0. The molecule has 2 aromatic heterocycles. The molecule has 2 saturated heterocycles. The molecule has 0 amide bonds. The van der Waals surface area contributed by atoms with Crippen LogP contribution < -0.4 is 4.90 Å². The van der Waals surface area contributed by atoms with E-state index in [-0.39, 0.29) is 5.82 Å². The molecular weight excluding hydrogens is 319 g/mol. The van der Waals surface area contributed by atoms with Gasteiger partial charge < -0.3 is 4.90 Å². The number of rotatable bonds is 1. The summed E-state index contributed by atoms with van der Waals surface area (Å²) in [6.07, 6.45) is 2.48. The minimum atomic E-state index is -0.293. The van der Waals surface area contributed by atoms with Gasteiger partial charge in [0.05, 0.1) is 0 Å². The number of hydrogen-bond acceptors (Lipinski definition) is 5. The van der Waals surface area contributed by atoms with Gasteiger partial charge in [0.25, 0.3) is 0 Å². The van der Waals surface area contributed by atoms with Crippen molar-refractivity contribution in [2.75, 3.05) is 31.1 Å². The molecule has 4 heterocycles. The highest BCUT2D eigenvalue weighted by Crippen LogP contribution is 2.29. The molecule has 2 fully saturated rings. The number of halogens is 1. The van der Waals surface area contributed by atoms with Crippen LogP contribution >= 0.6 is 0 Å². The van der Waals surface area contributed by atoms with Gasteiger partial charge in [-0.05, 0) is 50.9 Å². The lowest BCUT2D eigenvalue weighted by atomic mass is 10.1. The maximum absolute atomic E-state index is 14.6. The number of anilines is 1. The molecule has 0 spiro atoms. The Bertz CT molecular complexity index is 981. The average molecular weight is 340 g/mol. The van der Waals surface area contributed by atoms with Crippen molar-refractivity contribution in [3.05, 3.63) is 29.3 Å². The summed E-state index contributed by atoms with van der Waals surface area (Å²) in [5.41, 5.74) is 1.94. The summed E-state index contributed by atoms with van der Waals surface area (Å²) in [6.45, 7) is 7.76. The van der Waals surface area contributed by atoms with Gasteiger partial charge in [-0.15, -0.1) is 5.10 Å². The molecule has 6 nitrogen and oxygen atoms in total. The molecule has 5 rings (SSSR count). The number of nitrogens with zero attached hydrogens (tertiary/aromatic N) is 6. The molecule has 0 radical (unpaired) electrons. The number of fused-ring (bicyclic) bond motifs is 4. The molecule has 0 aliphatic carbocycles. The zero-order chi connectivity index (χ0) is 17.1. The van der Waals surface area contributed by atoms with Crippen LogP contribution in [0.3, 0.4) is 0 Å². The topological polar surface area (TPSA) is 49.6 Å². The van der Waals surface area contributed by atoms with Gasteiger partial charge in [-0.2, -0.15) is 4.52 Å². The molecule has 130 valence electrons. The molecule has 1 aromatic carbocycles. The number of aromatic nitrogens is 4. The Morgan fingerprint density at radius 1 is 1.12 bits per heavy atom. The Morgan fingerprint density at radius 3 is 2.88 bits per heavy atom. The van der Waals surface area contributed by atoms with Gasteiger partial charge in [-0.1, -0.05) is 0 Å². The Hall–Kier alpha value is -2.28. The van der Waals surface area contributed by atoms with Crippen LogP contribution in [0.1, 0.15) is 24.2 Å². The number of piperazine rings is 1. The monoisotopic (exact) mass is 340 g/mol. The van der Waals surface area contributed by atoms with Crippen LogP contribution in [-0.4, -0.2) is 56.7 Å². The Labute approximate surface area is 145 Å². The summed E-state index contributed by atoms with van der Waals surface area (Å²) in [4.78, 5) is 14.0. The molecule has 0 saturated carbocycles. The van der Waals surface area contributed by atoms with Crippen molar-refractivity contribution in [1.82, 2.24) is 24.5 Å². The summed E-state index contributed by atoms with van der Waals surface area (Å²) < 4.78 is 16.4. The van der Waals surface area contributed by atoms with Crippen LogP contribution in [0.5, 0.6) is 0 Å². The molecule has 1 atom stereocenters. The largest absolute Gasteiger partial charge is 0.338 e. The van der Waals surface area contributed by atoms with Crippen molar-refractivity contribution in [3.63, 3.8) is 0 Å². The van der Waals surface area contributed by atoms with Gasteiger partial charge in [0.2, 0.25) is 5.95 Å². The van der Waals surface area contributed by atoms with Gasteiger partial charge in [0.15, 0.2) is 5.65 Å². The second kappa shape index (κ2) is 5.36. The zero-order valence-corrected chi connectivity index (χ0v) is 14.5. The Morgan fingerprint density at radius 2 is 2.00 bits per heavy atom. The van der Waals surface area contributed by atoms with Gasteiger partial charge in [-0.3, -0.25) is 4.90 Å². The van der Waals surface area contributed by atoms with Gasteiger partial charge in [0.1, 0.15) is 17.2 Å². The SMILES string of the molecule is Cc1cc(F)c2nc(N3CCN4CCCC4C3)n3nc(C)nc3c2c1. The van der Waals surface area contributed by atoms with E-state index in [1.165, 1.54) is 25.5 Å². The predicted molar refractivity (Wildman–Crippen MR) is 94.5 cm³/mol. The highest BCUT2D eigenvalue weighted by atomic mass is 19.1. The second-order valence-electron chi connectivity index (χ2n) is 7.23. The highest BCUT2D eigenvalue weighted by Gasteiger charge is 2.32. The van der Waals surface area contributed by atoms with Crippen molar-refractivity contribution >= 4 is 22.5 Å². The van der Waals surface area contributed by atoms with Crippen LogP contribution in [0, 0.1) is 19.7 Å². The lowest BCUT2D eigenvalue weighted by Gasteiger charge is -2.37. The van der Waals surface area contributed by atoms with Gasteiger partial charge >= 0.3 is 0 Å². The first-order chi connectivity index (χ1) is 12.1. The third-order valence-corrected chi connectivity index (χ3v) is 5.43. The van der Waals surface area contributed by atoms with E-state index >= 15 is 0 Å². The number of aryl methyl sites for hydroxylation is 2. The van der Waals surface area contributed by atoms with E-state index in [0.717, 1.165) is 30.6 Å². The highest BCUT2D eigenvalue weighted by molar-refractivity contribution is 5.93. The Balaban J connectivity index is 1.71. The van der Waals surface area contributed by atoms with E-state index in [9.17, 15) is 4.39 Å². The van der Waals surface area contributed by atoms with E-state index in [1.807, 2.05) is 19.9 Å². The van der Waals surface area contributed by atoms with Crippen LogP contribution in [-0.2, 0) is 0 Å². The van der Waals surface area contributed by atoms with E-state index in [1.54, 1.807) is 4.52 Å². The molecule has 3 aromatic rings. The van der Waals surface area contributed by atoms with Crippen molar-refractivity contribution in [2.24, 2.45) is 0 Å². The average Bonchev–Trinajstić information content (AvgIpc) is 3.19. The van der Waals surface area contributed by atoms with Gasteiger partial charge in [0, 0.05) is 31.1 Å². The van der Waals surface area contributed by atoms with Crippen LogP contribution in [0.15, 0.2) is 12.1 Å². The second-order valence-corrected chi connectivity index (χ2v) is 7.23. The van der Waals surface area contributed by atoms with Crippen molar-refractivity contribution in [3.8, 4) is 0 Å². The smallest absolute Gasteiger partial charge is 0.229 e. The fraction of sp³-hybridized carbons (Fsp3) is 0.500. The molecule has 2 aliphatic heterocycles. The quantitative estimate of drug-likeness (QED) is 0.680. The lowest BCUT2D eigenvalue weighted by molar-refractivity contribution is 0.229. The van der Waals surface area contributed by atoms with Crippen LogP contribution in [0.2, 0.25) is 0 Å². The minimum absolute atomic E-state index is 0.293. The minimum Gasteiger partial charge on any atom is -0.338 e. The maximum atomic E-state index is 14.6. The summed E-state index contributed by atoms with van der Waals surface area (Å²) >= 11 is 0. The van der Waals surface area contributed by atoms with Crippen LogP contribution in [0.25, 0.3) is 16.6 Å². The first kappa shape index (κ1) is 15.0. The zero-order valence-electron chi connectivity index (χ0n) is 14.5. The third-order valence-electron chi connectivity index (χ3n) is 5.43. The van der Waals surface area contributed by atoms with E-state index in [0.29, 0.717) is 29.0 Å². The molecule has 25 heavy (non-hydrogen) atoms. The molecule has 2 aliphatic rings. The third kappa shape index (κ3) is 2.29. The summed E-state index contributed by atoms with van der Waals surface area (Å²) in [5, 5.41) is 5.27. The standard InChI is InChI=1S/C18H21FN6/c1-11-8-14-16(15(19)9-11)21-18(25-17(14)20-12(2)22-25)24-7-6-23-5-3-4-13(23)10-24/h8-9,13H,3-7,10H2,1-2H3. The molecular formula is C18H21FN6. The lowest BCUT2D eigenvalue weighted by Crippen LogP contribution is -2.51. The van der Waals surface area contributed by atoms with E-state index < -0.39 is 0 Å². The normalized spacial score (nSPS) is 21.4. The molecule has 0 N–H and O–H groups in total. The number of benzene rings is 1. The first-order valence-electron chi connectivity index (χ1n) is 8.92. The fourth-order valence-electron chi connectivity index (χ4n) is 4.27. The molecule has 1 unspecified atom stereocenters. The van der Waals surface area contributed by atoms with Crippen molar-refractivity contribution < 1.29 is 4.39 Å². The molecule has 7 heteroatoms. The van der Waals surface area contributed by atoms with E-state index in [2.05, 4.69) is 24.9 Å². The fourth-order valence-corrected chi connectivity index (χ4v) is 4.27. The molecule has 0 bridgehead atoms. The Kier molecular flexibility index (Phi) is 3.22. The summed E-state index contributed by atoms with van der Waals surface area (Å²) in [6, 6.07) is 4.04. The van der Waals surface area contributed by atoms with Crippen LogP contribution in [0.4, 0.5) is 10.3 Å². The summed E-state index contributed by atoms with van der Waals surface area (Å²) in [5.74, 6) is 1.09. The first-order valence-corrected chi connectivity index (χ1v) is 8.92. The summed E-state index contributed by atoms with van der Waals surface area (Å²) in [7, 11) is 0. The predicted octanol–water partition coefficient (Wildman–Crippen LogP) is 2.32.